The molecule has 1 atom stereocenters. The summed E-state index contributed by atoms with van der Waals surface area (Å²) in [6, 6.07) is 16.4. The van der Waals surface area contributed by atoms with Crippen LogP contribution >= 0.6 is 0 Å². The molecule has 1 saturated carbocycles. The molecule has 0 bridgehead atoms. The zero-order chi connectivity index (χ0) is 20.1. The van der Waals surface area contributed by atoms with Gasteiger partial charge in [0.25, 0.3) is 0 Å². The number of hydrogen-bond donors (Lipinski definition) is 0. The Labute approximate surface area is 177 Å². The highest BCUT2D eigenvalue weighted by molar-refractivity contribution is 5.65. The van der Waals surface area contributed by atoms with Gasteiger partial charge in [0.15, 0.2) is 0 Å². The van der Waals surface area contributed by atoms with Gasteiger partial charge in [0.05, 0.1) is 0 Å². The van der Waals surface area contributed by atoms with Crippen molar-refractivity contribution in [1.29, 1.82) is 0 Å². The normalized spacial score (nSPS) is 24.4. The first kappa shape index (κ1) is 20.2. The van der Waals surface area contributed by atoms with Crippen LogP contribution in [0.25, 0.3) is 11.1 Å². The Morgan fingerprint density at radius 2 is 1.62 bits per heavy atom. The van der Waals surface area contributed by atoms with Crippen LogP contribution in [0.1, 0.15) is 62.1 Å². The van der Waals surface area contributed by atoms with Gasteiger partial charge < -0.3 is 0 Å². The Morgan fingerprint density at radius 3 is 2.34 bits per heavy atom. The minimum absolute atomic E-state index is 0.777. The summed E-state index contributed by atoms with van der Waals surface area (Å²) < 4.78 is 0. The van der Waals surface area contributed by atoms with E-state index in [1.54, 1.807) is 11.1 Å². The average molecular weight is 385 g/mol. The highest BCUT2D eigenvalue weighted by Gasteiger charge is 2.29. The smallest absolute Gasteiger partial charge is 0.0181 e. The summed E-state index contributed by atoms with van der Waals surface area (Å²) in [5.41, 5.74) is 7.37. The molecule has 0 radical (unpaired) electrons. The van der Waals surface area contributed by atoms with Crippen LogP contribution in [-0.4, -0.2) is 0 Å². The molecule has 0 heterocycles. The SMILES string of the molecule is C=CC1CCC(C2CCc3cc(-c4ccc(CC/C=C/C)cc4)ccc3C2)CC1. The molecule has 0 spiro atoms. The fourth-order valence-corrected chi connectivity index (χ4v) is 5.50. The minimum atomic E-state index is 0.777. The van der Waals surface area contributed by atoms with E-state index in [1.807, 2.05) is 0 Å². The molecule has 0 nitrogen and oxygen atoms in total. The van der Waals surface area contributed by atoms with Crippen LogP contribution < -0.4 is 0 Å². The van der Waals surface area contributed by atoms with Gasteiger partial charge in [-0.15, -0.1) is 6.58 Å². The lowest BCUT2D eigenvalue weighted by Gasteiger charge is -2.36. The number of benzene rings is 2. The van der Waals surface area contributed by atoms with E-state index in [9.17, 15) is 0 Å². The Morgan fingerprint density at radius 1 is 0.862 bits per heavy atom. The average Bonchev–Trinajstić information content (AvgIpc) is 2.79. The van der Waals surface area contributed by atoms with Crippen molar-refractivity contribution in [3.63, 3.8) is 0 Å². The Balaban J connectivity index is 1.40. The molecule has 2 aliphatic rings. The standard InChI is InChI=1S/C29H36/c1-3-5-6-7-23-10-14-25(15-11-23)27-17-19-28-20-26(16-18-29(28)21-27)24-12-8-22(4-2)9-13-24/h3-5,10-11,14-15,17,19,21-22,24,26H,2,6-9,12-13,16,18,20H2,1H3/b5-3+. The molecule has 1 fully saturated rings. The van der Waals surface area contributed by atoms with Gasteiger partial charge in [-0.05, 0) is 110 Å². The van der Waals surface area contributed by atoms with E-state index >= 15 is 0 Å². The van der Waals surface area contributed by atoms with Gasteiger partial charge in [-0.3, -0.25) is 0 Å². The molecule has 0 heteroatoms. The van der Waals surface area contributed by atoms with Crippen molar-refractivity contribution in [2.24, 2.45) is 17.8 Å². The van der Waals surface area contributed by atoms with Gasteiger partial charge in [0, 0.05) is 0 Å². The van der Waals surface area contributed by atoms with Crippen molar-refractivity contribution in [1.82, 2.24) is 0 Å². The van der Waals surface area contributed by atoms with Crippen molar-refractivity contribution in [2.75, 3.05) is 0 Å². The lowest BCUT2D eigenvalue weighted by molar-refractivity contribution is 0.206. The quantitative estimate of drug-likeness (QED) is 0.443. The monoisotopic (exact) mass is 384 g/mol. The number of hydrogen-bond acceptors (Lipinski definition) is 0. The van der Waals surface area contributed by atoms with Crippen molar-refractivity contribution in [3.05, 3.63) is 84.0 Å². The van der Waals surface area contributed by atoms with Crippen LogP contribution in [0.15, 0.2) is 67.3 Å². The summed E-state index contributed by atoms with van der Waals surface area (Å²) >= 11 is 0. The number of aryl methyl sites for hydroxylation is 2. The molecule has 2 aromatic rings. The van der Waals surface area contributed by atoms with Crippen LogP contribution in [0.3, 0.4) is 0 Å². The summed E-state index contributed by atoms with van der Waals surface area (Å²) in [4.78, 5) is 0. The first-order valence-electron chi connectivity index (χ1n) is 11.7. The summed E-state index contributed by atoms with van der Waals surface area (Å²) in [6.07, 6.45) is 18.3. The third-order valence-corrected chi connectivity index (χ3v) is 7.41. The molecule has 0 aromatic heterocycles. The molecule has 2 aliphatic carbocycles. The molecule has 0 amide bonds. The summed E-state index contributed by atoms with van der Waals surface area (Å²) in [5, 5.41) is 0. The van der Waals surface area contributed by atoms with E-state index < -0.39 is 0 Å². The van der Waals surface area contributed by atoms with E-state index in [-0.39, 0.29) is 0 Å². The van der Waals surface area contributed by atoms with E-state index in [4.69, 9.17) is 0 Å². The molecular formula is C29H36. The van der Waals surface area contributed by atoms with Crippen LogP contribution in [0.5, 0.6) is 0 Å². The zero-order valence-electron chi connectivity index (χ0n) is 18.1. The molecule has 29 heavy (non-hydrogen) atoms. The lowest BCUT2D eigenvalue weighted by atomic mass is 9.69. The Hall–Kier alpha value is -2.08. The number of rotatable bonds is 6. The third-order valence-electron chi connectivity index (χ3n) is 7.41. The molecule has 1 unspecified atom stereocenters. The molecule has 0 aliphatic heterocycles. The van der Waals surface area contributed by atoms with Crippen LogP contribution in [-0.2, 0) is 19.3 Å². The Bertz CT molecular complexity index is 831. The van der Waals surface area contributed by atoms with Gasteiger partial charge in [0.1, 0.15) is 0 Å². The second kappa shape index (κ2) is 9.61. The molecule has 0 saturated heterocycles. The van der Waals surface area contributed by atoms with E-state index in [1.165, 1.54) is 61.6 Å². The minimum Gasteiger partial charge on any atom is -0.103 e. The topological polar surface area (TPSA) is 0 Å². The van der Waals surface area contributed by atoms with E-state index in [0.29, 0.717) is 0 Å². The van der Waals surface area contributed by atoms with Crippen molar-refractivity contribution >= 4 is 0 Å². The fourth-order valence-electron chi connectivity index (χ4n) is 5.50. The second-order valence-electron chi connectivity index (χ2n) is 9.20. The maximum atomic E-state index is 4.00. The highest BCUT2D eigenvalue weighted by atomic mass is 14.3. The van der Waals surface area contributed by atoms with Gasteiger partial charge in [-0.25, -0.2) is 0 Å². The summed E-state index contributed by atoms with van der Waals surface area (Å²) in [5.74, 6) is 2.61. The first-order valence-corrected chi connectivity index (χ1v) is 11.7. The van der Waals surface area contributed by atoms with E-state index in [0.717, 1.165) is 30.6 Å². The van der Waals surface area contributed by atoms with Gasteiger partial charge >= 0.3 is 0 Å². The maximum Gasteiger partial charge on any atom is -0.0181 e. The zero-order valence-corrected chi connectivity index (χ0v) is 18.1. The van der Waals surface area contributed by atoms with Gasteiger partial charge in [0.2, 0.25) is 0 Å². The van der Waals surface area contributed by atoms with Gasteiger partial charge in [-0.2, -0.15) is 0 Å². The van der Waals surface area contributed by atoms with Crippen LogP contribution in [0, 0.1) is 17.8 Å². The van der Waals surface area contributed by atoms with Crippen molar-refractivity contribution in [3.8, 4) is 11.1 Å². The molecule has 0 N–H and O–H groups in total. The lowest BCUT2D eigenvalue weighted by Crippen LogP contribution is -2.26. The van der Waals surface area contributed by atoms with Crippen molar-refractivity contribution < 1.29 is 0 Å². The Kier molecular flexibility index (Phi) is 6.70. The first-order chi connectivity index (χ1) is 14.3. The maximum absolute atomic E-state index is 4.00. The summed E-state index contributed by atoms with van der Waals surface area (Å²) in [7, 11) is 0. The van der Waals surface area contributed by atoms with Crippen LogP contribution in [0.2, 0.25) is 0 Å². The van der Waals surface area contributed by atoms with Gasteiger partial charge in [-0.1, -0.05) is 60.7 Å². The third kappa shape index (κ3) is 4.92. The van der Waals surface area contributed by atoms with E-state index in [2.05, 4.69) is 74.2 Å². The molecule has 152 valence electrons. The number of fused-ring (bicyclic) bond motifs is 1. The van der Waals surface area contributed by atoms with Crippen LogP contribution in [0.4, 0.5) is 0 Å². The second-order valence-corrected chi connectivity index (χ2v) is 9.20. The molecular weight excluding hydrogens is 348 g/mol. The van der Waals surface area contributed by atoms with Crippen molar-refractivity contribution in [2.45, 2.75) is 64.7 Å². The highest BCUT2D eigenvalue weighted by Crippen LogP contribution is 2.40. The summed E-state index contributed by atoms with van der Waals surface area (Å²) in [6.45, 7) is 6.10. The fraction of sp³-hybridized carbons (Fsp3) is 0.448. The predicted molar refractivity (Wildman–Crippen MR) is 126 cm³/mol. The largest absolute Gasteiger partial charge is 0.103 e. The molecule has 4 rings (SSSR count). The number of allylic oxidation sites excluding steroid dienone is 3. The predicted octanol–water partition coefficient (Wildman–Crippen LogP) is 7.96. The molecule has 2 aromatic carbocycles.